The molecule has 0 fully saturated rings. The number of hydrogen-bond donors (Lipinski definition) is 1. The van der Waals surface area contributed by atoms with Crippen LogP contribution in [0.4, 0.5) is 0 Å². The lowest BCUT2D eigenvalue weighted by atomic mass is 10.5. The molecule has 0 aliphatic rings. The smallest absolute Gasteiger partial charge is 0.129 e. The molecule has 0 amide bonds. The Kier molecular flexibility index (Phi) is 4.09. The lowest BCUT2D eigenvalue weighted by Crippen LogP contribution is -2.16. The normalized spacial score (nSPS) is 11.2. The van der Waals surface area contributed by atoms with E-state index >= 15 is 0 Å². The second-order valence-corrected chi connectivity index (χ2v) is 7.91. The van der Waals surface area contributed by atoms with Crippen molar-refractivity contribution in [3.8, 4) is 11.5 Å². The van der Waals surface area contributed by atoms with Crippen LogP contribution in [0.2, 0.25) is 19.6 Å². The lowest BCUT2D eigenvalue weighted by molar-refractivity contribution is 1.26. The van der Waals surface area contributed by atoms with Gasteiger partial charge in [0.15, 0.2) is 0 Å². The molecule has 0 bridgehead atoms. The summed E-state index contributed by atoms with van der Waals surface area (Å²) in [5, 5.41) is 0. The van der Waals surface area contributed by atoms with Gasteiger partial charge in [-0.3, -0.25) is 0 Å². The molecule has 0 radical (unpaired) electrons. The molecule has 0 aromatic rings. The minimum atomic E-state index is -1.16. The van der Waals surface area contributed by atoms with E-state index in [-0.39, 0.29) is 0 Å². The van der Waals surface area contributed by atoms with E-state index in [4.69, 9.17) is 5.73 Å². The summed E-state index contributed by atoms with van der Waals surface area (Å²) in [4.78, 5) is 0. The molecule has 0 rings (SSSR count). The quantitative estimate of drug-likeness (QED) is 0.447. The molecular formula is C8H15NSi. The lowest BCUT2D eigenvalue weighted by Gasteiger charge is -2.01. The molecule has 0 atom stereocenters. The Labute approximate surface area is 64.3 Å². The van der Waals surface area contributed by atoms with Crippen molar-refractivity contribution in [3.05, 3.63) is 12.2 Å². The highest BCUT2D eigenvalue weighted by Crippen LogP contribution is 1.95. The zero-order chi connectivity index (χ0) is 8.04. The molecule has 0 saturated heterocycles. The van der Waals surface area contributed by atoms with Crippen LogP contribution in [-0.4, -0.2) is 14.6 Å². The Morgan fingerprint density at radius 1 is 1.40 bits per heavy atom. The number of allylic oxidation sites excluding steroid dienone is 1. The van der Waals surface area contributed by atoms with Gasteiger partial charge in [0, 0.05) is 6.54 Å². The van der Waals surface area contributed by atoms with Crippen molar-refractivity contribution < 1.29 is 0 Å². The third-order valence-electron chi connectivity index (χ3n) is 0.784. The minimum Gasteiger partial charge on any atom is -0.327 e. The molecule has 1 nitrogen and oxygen atoms in total. The van der Waals surface area contributed by atoms with E-state index in [2.05, 4.69) is 31.1 Å². The molecule has 10 heavy (non-hydrogen) atoms. The Balaban J connectivity index is 3.81. The van der Waals surface area contributed by atoms with E-state index in [1.807, 2.05) is 12.2 Å². The zero-order valence-electron chi connectivity index (χ0n) is 6.94. The Hall–Kier alpha value is -0.523. The number of nitrogens with two attached hydrogens (primary N) is 1. The third kappa shape index (κ3) is 7.48. The fourth-order valence-corrected chi connectivity index (χ4v) is 0.901. The second kappa shape index (κ2) is 4.32. The first-order chi connectivity index (χ1) is 4.56. The maximum absolute atomic E-state index is 5.24. The van der Waals surface area contributed by atoms with Crippen LogP contribution in [0.15, 0.2) is 12.2 Å². The van der Waals surface area contributed by atoms with Crippen LogP contribution in [0.25, 0.3) is 0 Å². The van der Waals surface area contributed by atoms with Gasteiger partial charge in [0.2, 0.25) is 0 Å². The summed E-state index contributed by atoms with van der Waals surface area (Å²) in [6.07, 6.45) is 3.70. The largest absolute Gasteiger partial charge is 0.327 e. The molecule has 0 aliphatic heterocycles. The summed E-state index contributed by atoms with van der Waals surface area (Å²) in [5.74, 6) is 2.98. The van der Waals surface area contributed by atoms with Crippen molar-refractivity contribution in [2.45, 2.75) is 19.6 Å². The fourth-order valence-electron chi connectivity index (χ4n) is 0.385. The first kappa shape index (κ1) is 9.48. The summed E-state index contributed by atoms with van der Waals surface area (Å²) in [6, 6.07) is 0. The molecule has 56 valence electrons. The van der Waals surface area contributed by atoms with Crippen LogP contribution in [0.5, 0.6) is 0 Å². The SMILES string of the molecule is C[Si](C)(C)C#C/C=C/CN. The fraction of sp³-hybridized carbons (Fsp3) is 0.500. The van der Waals surface area contributed by atoms with Gasteiger partial charge in [-0.1, -0.05) is 31.6 Å². The number of rotatable bonds is 1. The number of hydrogen-bond acceptors (Lipinski definition) is 1. The first-order valence-corrected chi connectivity index (χ1v) is 6.94. The molecule has 2 N–H and O–H groups in total. The van der Waals surface area contributed by atoms with Crippen LogP contribution in [0.1, 0.15) is 0 Å². The maximum atomic E-state index is 5.24. The van der Waals surface area contributed by atoms with E-state index < -0.39 is 8.07 Å². The van der Waals surface area contributed by atoms with Crippen LogP contribution in [-0.2, 0) is 0 Å². The van der Waals surface area contributed by atoms with E-state index in [1.165, 1.54) is 0 Å². The molecule has 2 heteroatoms. The average Bonchev–Trinajstić information content (AvgIpc) is 1.78. The third-order valence-corrected chi connectivity index (χ3v) is 1.68. The van der Waals surface area contributed by atoms with Gasteiger partial charge in [-0.2, -0.15) is 0 Å². The van der Waals surface area contributed by atoms with Gasteiger partial charge in [0.1, 0.15) is 8.07 Å². The average molecular weight is 153 g/mol. The minimum absolute atomic E-state index is 0.584. The second-order valence-electron chi connectivity index (χ2n) is 3.16. The maximum Gasteiger partial charge on any atom is 0.129 e. The Bertz CT molecular complexity index is 166. The molecule has 0 aromatic carbocycles. The topological polar surface area (TPSA) is 26.0 Å². The molecule has 0 aromatic heterocycles. The molecular weight excluding hydrogens is 138 g/mol. The highest BCUT2D eigenvalue weighted by Gasteiger charge is 2.06. The summed E-state index contributed by atoms with van der Waals surface area (Å²) in [7, 11) is -1.16. The molecule has 0 unspecified atom stereocenters. The van der Waals surface area contributed by atoms with Crippen molar-refractivity contribution in [1.82, 2.24) is 0 Å². The van der Waals surface area contributed by atoms with Gasteiger partial charge in [-0.25, -0.2) is 0 Å². The van der Waals surface area contributed by atoms with Crippen LogP contribution >= 0.6 is 0 Å². The summed E-state index contributed by atoms with van der Waals surface area (Å²) < 4.78 is 0. The van der Waals surface area contributed by atoms with Crippen LogP contribution < -0.4 is 5.73 Å². The predicted octanol–water partition coefficient (Wildman–Crippen LogP) is 1.38. The molecule has 0 aliphatic carbocycles. The van der Waals surface area contributed by atoms with Crippen LogP contribution in [0.3, 0.4) is 0 Å². The monoisotopic (exact) mass is 153 g/mol. The van der Waals surface area contributed by atoms with E-state index in [1.54, 1.807) is 0 Å². The van der Waals surface area contributed by atoms with Crippen molar-refractivity contribution in [2.75, 3.05) is 6.54 Å². The van der Waals surface area contributed by atoms with Gasteiger partial charge in [0.25, 0.3) is 0 Å². The highest BCUT2D eigenvalue weighted by molar-refractivity contribution is 6.83. The van der Waals surface area contributed by atoms with Gasteiger partial charge in [-0.05, 0) is 6.08 Å². The Morgan fingerprint density at radius 2 is 2.00 bits per heavy atom. The zero-order valence-corrected chi connectivity index (χ0v) is 7.94. The van der Waals surface area contributed by atoms with Gasteiger partial charge in [0.05, 0.1) is 0 Å². The first-order valence-electron chi connectivity index (χ1n) is 3.44. The summed E-state index contributed by atoms with van der Waals surface area (Å²) in [5.41, 5.74) is 8.44. The van der Waals surface area contributed by atoms with Crippen molar-refractivity contribution in [1.29, 1.82) is 0 Å². The van der Waals surface area contributed by atoms with Gasteiger partial charge >= 0.3 is 0 Å². The molecule has 0 saturated carbocycles. The summed E-state index contributed by atoms with van der Waals surface area (Å²) in [6.45, 7) is 7.24. The Morgan fingerprint density at radius 3 is 2.40 bits per heavy atom. The van der Waals surface area contributed by atoms with E-state index in [0.717, 1.165) is 0 Å². The predicted molar refractivity (Wildman–Crippen MR) is 49.3 cm³/mol. The van der Waals surface area contributed by atoms with E-state index in [0.29, 0.717) is 6.54 Å². The standard InChI is InChI=1S/C8H15NSi/c1-10(2,3)8-6-4-5-7-9/h4-5H,7,9H2,1-3H3/b5-4+. The molecule has 0 heterocycles. The van der Waals surface area contributed by atoms with E-state index in [9.17, 15) is 0 Å². The summed E-state index contributed by atoms with van der Waals surface area (Å²) >= 11 is 0. The highest BCUT2D eigenvalue weighted by atomic mass is 28.3. The van der Waals surface area contributed by atoms with Gasteiger partial charge in [-0.15, -0.1) is 5.54 Å². The van der Waals surface area contributed by atoms with Crippen molar-refractivity contribution in [3.63, 3.8) is 0 Å². The molecule has 0 spiro atoms. The van der Waals surface area contributed by atoms with Gasteiger partial charge < -0.3 is 5.73 Å². The van der Waals surface area contributed by atoms with Crippen molar-refractivity contribution >= 4 is 8.07 Å². The van der Waals surface area contributed by atoms with Crippen LogP contribution in [0, 0.1) is 11.5 Å². The van der Waals surface area contributed by atoms with Crippen molar-refractivity contribution in [2.24, 2.45) is 5.73 Å².